The average molecular weight is 318 g/mol. The zero-order valence-electron chi connectivity index (χ0n) is 11.6. The van der Waals surface area contributed by atoms with Gasteiger partial charge < -0.3 is 4.90 Å². The van der Waals surface area contributed by atoms with Crippen LogP contribution in [0.15, 0.2) is 47.4 Å². The summed E-state index contributed by atoms with van der Waals surface area (Å²) in [7, 11) is 0. The Balaban J connectivity index is 1.82. The van der Waals surface area contributed by atoms with Crippen molar-refractivity contribution in [2.75, 3.05) is 13.1 Å². The normalized spacial score (nSPS) is 14.5. The van der Waals surface area contributed by atoms with Crippen molar-refractivity contribution in [1.29, 1.82) is 0 Å². The zero-order chi connectivity index (χ0) is 14.8. The monoisotopic (exact) mass is 317 g/mol. The molecule has 0 fully saturated rings. The van der Waals surface area contributed by atoms with E-state index in [1.165, 1.54) is 11.1 Å². The molecule has 0 radical (unpaired) electrons. The summed E-state index contributed by atoms with van der Waals surface area (Å²) in [6, 6.07) is 13.7. The van der Waals surface area contributed by atoms with Crippen molar-refractivity contribution in [3.63, 3.8) is 0 Å². The van der Waals surface area contributed by atoms with Gasteiger partial charge in [0, 0.05) is 18.0 Å². The number of thiol groups is 1. The maximum absolute atomic E-state index is 12.7. The Kier molecular flexibility index (Phi) is 4.22. The third kappa shape index (κ3) is 3.09. The molecular weight excluding hydrogens is 302 g/mol. The second kappa shape index (κ2) is 6.12. The molecule has 4 heteroatoms. The number of fused-ring (bicyclic) bond motifs is 1. The summed E-state index contributed by atoms with van der Waals surface area (Å²) < 4.78 is 0. The maximum atomic E-state index is 12.7. The first-order valence-corrected chi connectivity index (χ1v) is 7.82. The Morgan fingerprint density at radius 2 is 1.67 bits per heavy atom. The van der Waals surface area contributed by atoms with Gasteiger partial charge in [-0.2, -0.15) is 0 Å². The van der Waals surface area contributed by atoms with Gasteiger partial charge >= 0.3 is 0 Å². The van der Waals surface area contributed by atoms with Crippen LogP contribution in [0.1, 0.15) is 21.5 Å². The first kappa shape index (κ1) is 14.5. The molecule has 3 rings (SSSR count). The molecule has 21 heavy (non-hydrogen) atoms. The van der Waals surface area contributed by atoms with Crippen LogP contribution in [0.25, 0.3) is 0 Å². The number of rotatable bonds is 1. The maximum Gasteiger partial charge on any atom is 0.255 e. The number of hydrogen-bond donors (Lipinski definition) is 1. The molecule has 0 saturated heterocycles. The van der Waals surface area contributed by atoms with Gasteiger partial charge in [0.1, 0.15) is 0 Å². The summed E-state index contributed by atoms with van der Waals surface area (Å²) in [5, 5.41) is 0.486. The Morgan fingerprint density at radius 3 is 2.29 bits per heavy atom. The Morgan fingerprint density at radius 1 is 1.05 bits per heavy atom. The van der Waals surface area contributed by atoms with Crippen LogP contribution < -0.4 is 0 Å². The molecule has 1 aliphatic heterocycles. The van der Waals surface area contributed by atoms with Gasteiger partial charge in [-0.05, 0) is 42.2 Å². The van der Waals surface area contributed by atoms with E-state index >= 15 is 0 Å². The quantitative estimate of drug-likeness (QED) is 0.792. The van der Waals surface area contributed by atoms with Crippen LogP contribution in [0.5, 0.6) is 0 Å². The Labute approximate surface area is 135 Å². The van der Waals surface area contributed by atoms with Crippen LogP contribution >= 0.6 is 24.2 Å². The molecule has 108 valence electrons. The van der Waals surface area contributed by atoms with Crippen LogP contribution in [0.3, 0.4) is 0 Å². The smallest absolute Gasteiger partial charge is 0.255 e. The summed E-state index contributed by atoms with van der Waals surface area (Å²) >= 11 is 10.5. The molecule has 1 aliphatic rings. The molecule has 1 heterocycles. The van der Waals surface area contributed by atoms with Gasteiger partial charge in [0.2, 0.25) is 0 Å². The summed E-state index contributed by atoms with van der Waals surface area (Å²) in [4.78, 5) is 15.3. The van der Waals surface area contributed by atoms with Gasteiger partial charge in [-0.1, -0.05) is 35.9 Å². The lowest BCUT2D eigenvalue weighted by molar-refractivity contribution is 0.0763. The molecule has 2 aromatic carbocycles. The van der Waals surface area contributed by atoms with Gasteiger partial charge in [-0.15, -0.1) is 12.6 Å². The molecule has 1 amide bonds. The lowest BCUT2D eigenvalue weighted by Crippen LogP contribution is -2.33. The van der Waals surface area contributed by atoms with Crippen molar-refractivity contribution < 1.29 is 4.79 Å². The molecule has 0 N–H and O–H groups in total. The molecule has 0 saturated carbocycles. The van der Waals surface area contributed by atoms with Crippen molar-refractivity contribution in [1.82, 2.24) is 4.90 Å². The second-order valence-electron chi connectivity index (χ2n) is 5.23. The summed E-state index contributed by atoms with van der Waals surface area (Å²) in [6.45, 7) is 1.45. The number of carbonyl (C=O) groups excluding carboxylic acids is 1. The summed E-state index contributed by atoms with van der Waals surface area (Å²) in [5.74, 6) is -0.0105. The van der Waals surface area contributed by atoms with Crippen LogP contribution in [0.4, 0.5) is 0 Å². The largest absolute Gasteiger partial charge is 0.338 e. The SMILES string of the molecule is O=C(c1cc(S)ccc1Cl)N1CCc2ccccc2CC1. The van der Waals surface area contributed by atoms with E-state index in [2.05, 4.69) is 36.9 Å². The zero-order valence-corrected chi connectivity index (χ0v) is 13.2. The molecular formula is C17H16ClNOS. The van der Waals surface area contributed by atoms with E-state index in [1.54, 1.807) is 18.2 Å². The Bertz CT molecular complexity index is 659. The van der Waals surface area contributed by atoms with Crippen LogP contribution in [0, 0.1) is 0 Å². The second-order valence-corrected chi connectivity index (χ2v) is 6.15. The lowest BCUT2D eigenvalue weighted by atomic mass is 10.0. The molecule has 0 spiro atoms. The number of hydrogen-bond acceptors (Lipinski definition) is 2. The van der Waals surface area contributed by atoms with Gasteiger partial charge in [0.15, 0.2) is 0 Å². The van der Waals surface area contributed by atoms with Gasteiger partial charge in [-0.3, -0.25) is 4.79 Å². The van der Waals surface area contributed by atoms with Gasteiger partial charge in [0.25, 0.3) is 5.91 Å². The molecule has 0 unspecified atom stereocenters. The first-order valence-electron chi connectivity index (χ1n) is 7.00. The predicted octanol–water partition coefficient (Wildman–Crippen LogP) is 3.87. The highest BCUT2D eigenvalue weighted by Crippen LogP contribution is 2.23. The number of carbonyl (C=O) groups is 1. The molecule has 0 atom stereocenters. The van der Waals surface area contributed by atoms with E-state index in [-0.39, 0.29) is 5.91 Å². The fourth-order valence-electron chi connectivity index (χ4n) is 2.72. The molecule has 2 aromatic rings. The van der Waals surface area contributed by atoms with Crippen molar-refractivity contribution >= 4 is 30.1 Å². The van der Waals surface area contributed by atoms with Crippen molar-refractivity contribution in [2.24, 2.45) is 0 Å². The third-order valence-corrected chi connectivity index (χ3v) is 4.50. The van der Waals surface area contributed by atoms with Crippen LogP contribution in [-0.2, 0) is 12.8 Å². The third-order valence-electron chi connectivity index (χ3n) is 3.89. The Hall–Kier alpha value is -1.45. The predicted molar refractivity (Wildman–Crippen MR) is 88.5 cm³/mol. The topological polar surface area (TPSA) is 20.3 Å². The van der Waals surface area contributed by atoms with E-state index in [0.717, 1.165) is 30.8 Å². The first-order chi connectivity index (χ1) is 10.1. The van der Waals surface area contributed by atoms with Gasteiger partial charge in [-0.25, -0.2) is 0 Å². The summed E-state index contributed by atoms with van der Waals surface area (Å²) in [5.41, 5.74) is 3.21. The molecule has 0 bridgehead atoms. The van der Waals surface area contributed by atoms with Crippen molar-refractivity contribution in [3.05, 3.63) is 64.2 Å². The highest BCUT2D eigenvalue weighted by molar-refractivity contribution is 7.80. The van der Waals surface area contributed by atoms with E-state index in [9.17, 15) is 4.79 Å². The number of nitrogens with zero attached hydrogens (tertiary/aromatic N) is 1. The van der Waals surface area contributed by atoms with E-state index < -0.39 is 0 Å². The van der Waals surface area contributed by atoms with E-state index in [0.29, 0.717) is 10.6 Å². The van der Waals surface area contributed by atoms with Crippen LogP contribution in [0.2, 0.25) is 5.02 Å². The van der Waals surface area contributed by atoms with Crippen LogP contribution in [-0.4, -0.2) is 23.9 Å². The fraction of sp³-hybridized carbons (Fsp3) is 0.235. The number of halogens is 1. The van der Waals surface area contributed by atoms with Crippen molar-refractivity contribution in [2.45, 2.75) is 17.7 Å². The molecule has 0 aliphatic carbocycles. The lowest BCUT2D eigenvalue weighted by Gasteiger charge is -2.21. The number of benzene rings is 2. The van der Waals surface area contributed by atoms with Gasteiger partial charge in [0.05, 0.1) is 10.6 Å². The highest BCUT2D eigenvalue weighted by Gasteiger charge is 2.21. The molecule has 0 aromatic heterocycles. The standard InChI is InChI=1S/C17H16ClNOS/c18-16-6-5-14(21)11-15(16)17(20)19-9-7-12-3-1-2-4-13(12)8-10-19/h1-6,11,21H,7-10H2. The molecule has 2 nitrogen and oxygen atoms in total. The fourth-order valence-corrected chi connectivity index (χ4v) is 3.12. The minimum Gasteiger partial charge on any atom is -0.338 e. The number of amides is 1. The van der Waals surface area contributed by atoms with E-state index in [1.807, 2.05) is 4.90 Å². The minimum absolute atomic E-state index is 0.0105. The highest BCUT2D eigenvalue weighted by atomic mass is 35.5. The average Bonchev–Trinajstić information content (AvgIpc) is 2.71. The minimum atomic E-state index is -0.0105. The van der Waals surface area contributed by atoms with Crippen molar-refractivity contribution in [3.8, 4) is 0 Å². The van der Waals surface area contributed by atoms with E-state index in [4.69, 9.17) is 11.6 Å². The summed E-state index contributed by atoms with van der Waals surface area (Å²) in [6.07, 6.45) is 1.78.